The van der Waals surface area contributed by atoms with Crippen molar-refractivity contribution < 1.29 is 4.39 Å². The van der Waals surface area contributed by atoms with Crippen LogP contribution in [0.3, 0.4) is 0 Å². The molecule has 0 saturated heterocycles. The molecule has 0 radical (unpaired) electrons. The Morgan fingerprint density at radius 3 is 2.85 bits per heavy atom. The number of benzene rings is 1. The molecule has 0 spiro atoms. The predicted molar refractivity (Wildman–Crippen MR) is 66.3 cm³/mol. The fourth-order valence-corrected chi connectivity index (χ4v) is 4.49. The van der Waals surface area contributed by atoms with Gasteiger partial charge in [-0.15, -0.1) is 23.1 Å². The molecule has 1 aromatic carbocycles. The zero-order chi connectivity index (χ0) is 9.42. The van der Waals surface area contributed by atoms with E-state index in [0.717, 1.165) is 10.1 Å². The molecule has 0 nitrogen and oxygen atoms in total. The lowest BCUT2D eigenvalue weighted by molar-refractivity contribution is 0.641. The minimum absolute atomic E-state index is 0.110. The summed E-state index contributed by atoms with van der Waals surface area (Å²) in [4.78, 5) is 0. The van der Waals surface area contributed by atoms with Crippen molar-refractivity contribution in [2.75, 3.05) is 6.26 Å². The Balaban J connectivity index is 2.83. The number of hydrogen-bond donors (Lipinski definition) is 0. The molecule has 0 amide bonds. The first-order valence-electron chi connectivity index (χ1n) is 3.64. The van der Waals surface area contributed by atoms with Crippen molar-refractivity contribution in [3.63, 3.8) is 0 Å². The smallest absolute Gasteiger partial charge is 0.141 e. The maximum Gasteiger partial charge on any atom is 0.141 e. The molecule has 68 valence electrons. The van der Waals surface area contributed by atoms with E-state index in [4.69, 9.17) is 0 Å². The molecule has 1 heterocycles. The molecule has 13 heavy (non-hydrogen) atoms. The lowest BCUT2D eigenvalue weighted by Crippen LogP contribution is -1.72. The largest absolute Gasteiger partial charge is 0.205 e. The predicted octanol–water partition coefficient (Wildman–Crippen LogP) is 4.37. The average molecular weight is 324 g/mol. The van der Waals surface area contributed by atoms with Gasteiger partial charge < -0.3 is 0 Å². The van der Waals surface area contributed by atoms with Crippen LogP contribution in [0, 0.1) is 9.39 Å². The number of thioether (sulfide) groups is 1. The lowest BCUT2D eigenvalue weighted by atomic mass is 10.3. The third-order valence-corrected chi connectivity index (χ3v) is 5.95. The van der Waals surface area contributed by atoms with Gasteiger partial charge in [0.1, 0.15) is 5.82 Å². The number of halogens is 2. The summed E-state index contributed by atoms with van der Waals surface area (Å²) in [5, 5.41) is 1.04. The van der Waals surface area contributed by atoms with Crippen LogP contribution in [-0.4, -0.2) is 6.26 Å². The second-order valence-electron chi connectivity index (χ2n) is 2.52. The van der Waals surface area contributed by atoms with Crippen LogP contribution in [0.25, 0.3) is 10.1 Å². The molecular formula is C9H6FIS2. The second-order valence-corrected chi connectivity index (χ2v) is 5.70. The van der Waals surface area contributed by atoms with Crippen molar-refractivity contribution >= 4 is 55.8 Å². The van der Waals surface area contributed by atoms with Gasteiger partial charge in [-0.05, 0) is 34.9 Å². The molecule has 0 saturated carbocycles. The van der Waals surface area contributed by atoms with Crippen LogP contribution in [0.4, 0.5) is 4.39 Å². The van der Waals surface area contributed by atoms with Gasteiger partial charge in [0, 0.05) is 8.96 Å². The van der Waals surface area contributed by atoms with E-state index in [1.54, 1.807) is 17.8 Å². The van der Waals surface area contributed by atoms with Crippen LogP contribution in [0.5, 0.6) is 0 Å². The first-order chi connectivity index (χ1) is 6.24. The molecule has 0 N–H and O–H groups in total. The second kappa shape index (κ2) is 3.74. The first kappa shape index (κ1) is 9.73. The van der Waals surface area contributed by atoms with E-state index < -0.39 is 0 Å². The van der Waals surface area contributed by atoms with Gasteiger partial charge in [0.05, 0.1) is 8.91 Å². The lowest BCUT2D eigenvalue weighted by Gasteiger charge is -1.90. The molecule has 0 aliphatic rings. The summed E-state index contributed by atoms with van der Waals surface area (Å²) in [5.74, 6) is -0.110. The monoisotopic (exact) mass is 324 g/mol. The molecule has 2 rings (SSSR count). The highest BCUT2D eigenvalue weighted by Crippen LogP contribution is 2.38. The highest BCUT2D eigenvalue weighted by Gasteiger charge is 2.11. The van der Waals surface area contributed by atoms with Crippen molar-refractivity contribution in [1.29, 1.82) is 0 Å². The zero-order valence-corrected chi connectivity index (χ0v) is 10.6. The highest BCUT2D eigenvalue weighted by molar-refractivity contribution is 14.1. The Morgan fingerprint density at radius 1 is 1.46 bits per heavy atom. The fraction of sp³-hybridized carbons (Fsp3) is 0.111. The molecular weight excluding hydrogens is 318 g/mol. The summed E-state index contributed by atoms with van der Waals surface area (Å²) < 4.78 is 16.5. The van der Waals surface area contributed by atoms with E-state index in [-0.39, 0.29) is 5.82 Å². The molecule has 0 bridgehead atoms. The quantitative estimate of drug-likeness (QED) is 0.555. The van der Waals surface area contributed by atoms with Gasteiger partial charge in [0.15, 0.2) is 0 Å². The van der Waals surface area contributed by atoms with Gasteiger partial charge in [0.2, 0.25) is 0 Å². The molecule has 0 fully saturated rings. The topological polar surface area (TPSA) is 0 Å². The van der Waals surface area contributed by atoms with Crippen LogP contribution >= 0.6 is 45.7 Å². The maximum atomic E-state index is 13.3. The Kier molecular flexibility index (Phi) is 2.80. The molecule has 4 heteroatoms. The van der Waals surface area contributed by atoms with Gasteiger partial charge in [-0.25, -0.2) is 4.39 Å². The van der Waals surface area contributed by atoms with E-state index in [0.29, 0.717) is 0 Å². The third-order valence-electron chi connectivity index (χ3n) is 1.76. The third kappa shape index (κ3) is 1.59. The van der Waals surface area contributed by atoms with Crippen LogP contribution in [0.15, 0.2) is 22.4 Å². The molecule has 1 aromatic heterocycles. The van der Waals surface area contributed by atoms with E-state index in [9.17, 15) is 4.39 Å². The van der Waals surface area contributed by atoms with Crippen molar-refractivity contribution in [1.82, 2.24) is 0 Å². The summed E-state index contributed by atoms with van der Waals surface area (Å²) in [6, 6.07) is 5.24. The Labute approximate surface area is 97.7 Å². The van der Waals surface area contributed by atoms with Crippen LogP contribution in [0.2, 0.25) is 0 Å². The summed E-state index contributed by atoms with van der Waals surface area (Å²) >= 11 is 5.48. The van der Waals surface area contributed by atoms with Crippen LogP contribution < -0.4 is 0 Å². The Bertz CT molecular complexity index is 450. The Hall–Kier alpha value is 0.190. The van der Waals surface area contributed by atoms with Crippen molar-refractivity contribution in [2.45, 2.75) is 4.21 Å². The highest BCUT2D eigenvalue weighted by atomic mass is 127. The van der Waals surface area contributed by atoms with Crippen LogP contribution in [0.1, 0.15) is 0 Å². The normalized spacial score (nSPS) is 11.0. The van der Waals surface area contributed by atoms with Crippen molar-refractivity contribution in [2.24, 2.45) is 0 Å². The Morgan fingerprint density at radius 2 is 2.23 bits per heavy atom. The minimum Gasteiger partial charge on any atom is -0.205 e. The van der Waals surface area contributed by atoms with E-state index >= 15 is 0 Å². The first-order valence-corrected chi connectivity index (χ1v) is 6.76. The molecule has 0 aliphatic carbocycles. The summed E-state index contributed by atoms with van der Waals surface area (Å²) in [6.45, 7) is 0. The van der Waals surface area contributed by atoms with Crippen molar-refractivity contribution in [3.8, 4) is 0 Å². The van der Waals surface area contributed by atoms with Gasteiger partial charge in [-0.1, -0.05) is 12.1 Å². The minimum atomic E-state index is -0.110. The number of fused-ring (bicyclic) bond motifs is 1. The number of rotatable bonds is 1. The van der Waals surface area contributed by atoms with Crippen molar-refractivity contribution in [3.05, 3.63) is 27.6 Å². The molecule has 0 aliphatic heterocycles. The van der Waals surface area contributed by atoms with E-state index in [1.165, 1.54) is 25.2 Å². The van der Waals surface area contributed by atoms with Gasteiger partial charge in [0.25, 0.3) is 0 Å². The van der Waals surface area contributed by atoms with Gasteiger partial charge in [-0.2, -0.15) is 0 Å². The fourth-order valence-electron chi connectivity index (χ4n) is 1.16. The average Bonchev–Trinajstić information content (AvgIpc) is 2.45. The standard InChI is InChI=1S/C9H6FIS2/c1-12-9-7(11)5-3-2-4-6(10)8(5)13-9/h2-4H,1H3. The van der Waals surface area contributed by atoms with Gasteiger partial charge in [-0.3, -0.25) is 0 Å². The molecule has 0 atom stereocenters. The maximum absolute atomic E-state index is 13.3. The van der Waals surface area contributed by atoms with E-state index in [1.807, 2.05) is 12.3 Å². The SMILES string of the molecule is CSc1sc2c(F)cccc2c1I. The summed E-state index contributed by atoms with van der Waals surface area (Å²) in [5.41, 5.74) is 0. The van der Waals surface area contributed by atoms with Crippen LogP contribution in [-0.2, 0) is 0 Å². The van der Waals surface area contributed by atoms with Gasteiger partial charge >= 0.3 is 0 Å². The number of thiophene rings is 1. The van der Waals surface area contributed by atoms with E-state index in [2.05, 4.69) is 22.6 Å². The number of hydrogen-bond acceptors (Lipinski definition) is 2. The molecule has 2 aromatic rings. The molecule has 0 unspecified atom stereocenters. The zero-order valence-electron chi connectivity index (χ0n) is 6.80. The summed E-state index contributed by atoms with van der Waals surface area (Å²) in [6.07, 6.45) is 2.02. The summed E-state index contributed by atoms with van der Waals surface area (Å²) in [7, 11) is 0.